The van der Waals surface area contributed by atoms with Crippen LogP contribution in [-0.2, 0) is 16.8 Å². The summed E-state index contributed by atoms with van der Waals surface area (Å²) in [6.45, 7) is 9.65. The van der Waals surface area contributed by atoms with Crippen LogP contribution >= 0.6 is 0 Å². The van der Waals surface area contributed by atoms with E-state index in [4.69, 9.17) is 4.74 Å². The zero-order valence-electron chi connectivity index (χ0n) is 19.8. The molecule has 0 radical (unpaired) electrons. The lowest BCUT2D eigenvalue weighted by Gasteiger charge is -2.50. The van der Waals surface area contributed by atoms with Crippen molar-refractivity contribution in [2.75, 3.05) is 11.9 Å². The molecule has 3 atom stereocenters. The van der Waals surface area contributed by atoms with E-state index in [1.165, 1.54) is 5.56 Å². The van der Waals surface area contributed by atoms with Gasteiger partial charge in [-0.3, -0.25) is 9.78 Å². The van der Waals surface area contributed by atoms with Gasteiger partial charge in [-0.15, -0.1) is 0 Å². The van der Waals surface area contributed by atoms with Crippen molar-refractivity contribution in [3.63, 3.8) is 0 Å². The molecule has 1 fully saturated rings. The van der Waals surface area contributed by atoms with Crippen LogP contribution < -0.4 is 5.32 Å². The molecule has 172 valence electrons. The Morgan fingerprint density at radius 3 is 2.84 bits per heavy atom. The van der Waals surface area contributed by atoms with Gasteiger partial charge >= 0.3 is 0 Å². The first-order chi connectivity index (χ1) is 15.3. The number of nitrogens with zero attached hydrogens (tertiary/aromatic N) is 1. The molecule has 0 unspecified atom stereocenters. The van der Waals surface area contributed by atoms with Crippen LogP contribution in [-0.4, -0.2) is 28.2 Å². The number of hydrogen-bond donors (Lipinski definition) is 2. The van der Waals surface area contributed by atoms with E-state index in [2.05, 4.69) is 37.1 Å². The van der Waals surface area contributed by atoms with Crippen LogP contribution in [0.5, 0.6) is 0 Å². The summed E-state index contributed by atoms with van der Waals surface area (Å²) >= 11 is 0. The largest absolute Gasteiger partial charge is 0.390 e. The van der Waals surface area contributed by atoms with E-state index < -0.39 is 5.60 Å². The minimum absolute atomic E-state index is 0.00993. The minimum Gasteiger partial charge on any atom is -0.390 e. The molecule has 4 rings (SSSR count). The van der Waals surface area contributed by atoms with Gasteiger partial charge in [-0.05, 0) is 86.3 Å². The second-order valence-corrected chi connectivity index (χ2v) is 10.2. The molecule has 1 saturated carbocycles. The predicted molar refractivity (Wildman–Crippen MR) is 127 cm³/mol. The Morgan fingerprint density at radius 2 is 2.12 bits per heavy atom. The number of aromatic nitrogens is 1. The maximum absolute atomic E-state index is 12.9. The Labute approximate surface area is 191 Å². The molecule has 2 heterocycles. The van der Waals surface area contributed by atoms with Crippen molar-refractivity contribution in [2.24, 2.45) is 11.8 Å². The first kappa shape index (κ1) is 22.9. The SMILES string of the molecule is CC[C@@]12CC[C@](O)(CC(C)C)C[C@@H]1COCc1cc(C(=O)Nc3cccnc3C)ccc12. The molecular formula is C27H36N2O3. The molecule has 1 aliphatic heterocycles. The van der Waals surface area contributed by atoms with Crippen LogP contribution in [0.4, 0.5) is 5.69 Å². The zero-order chi connectivity index (χ0) is 22.9. The van der Waals surface area contributed by atoms with Gasteiger partial charge in [-0.2, -0.15) is 0 Å². The molecule has 2 aliphatic rings. The van der Waals surface area contributed by atoms with E-state index >= 15 is 0 Å². The highest BCUT2D eigenvalue weighted by Crippen LogP contribution is 2.53. The normalized spacial score (nSPS) is 27.4. The molecule has 0 spiro atoms. The fraction of sp³-hybridized carbons (Fsp3) is 0.556. The lowest BCUT2D eigenvalue weighted by Crippen LogP contribution is -2.49. The molecule has 2 N–H and O–H groups in total. The van der Waals surface area contributed by atoms with Crippen LogP contribution in [0.15, 0.2) is 36.5 Å². The minimum atomic E-state index is -0.604. The molecule has 0 bridgehead atoms. The fourth-order valence-corrected chi connectivity index (χ4v) is 6.05. The Hall–Kier alpha value is -2.24. The van der Waals surface area contributed by atoms with Gasteiger partial charge in [0, 0.05) is 17.2 Å². The first-order valence-corrected chi connectivity index (χ1v) is 11.9. The average molecular weight is 437 g/mol. The van der Waals surface area contributed by atoms with Crippen LogP contribution in [0.25, 0.3) is 0 Å². The molecule has 5 nitrogen and oxygen atoms in total. The van der Waals surface area contributed by atoms with E-state index in [0.29, 0.717) is 24.7 Å². The second kappa shape index (κ2) is 8.95. The lowest BCUT2D eigenvalue weighted by molar-refractivity contribution is -0.0763. The second-order valence-electron chi connectivity index (χ2n) is 10.2. The first-order valence-electron chi connectivity index (χ1n) is 11.9. The topological polar surface area (TPSA) is 71.5 Å². The number of nitrogens with one attached hydrogen (secondary N) is 1. The Kier molecular flexibility index (Phi) is 6.42. The van der Waals surface area contributed by atoms with Gasteiger partial charge in [0.05, 0.1) is 30.2 Å². The van der Waals surface area contributed by atoms with Crippen molar-refractivity contribution in [2.45, 2.75) is 77.4 Å². The summed E-state index contributed by atoms with van der Waals surface area (Å²) in [5, 5.41) is 14.3. The number of anilines is 1. The summed E-state index contributed by atoms with van der Waals surface area (Å²) in [6, 6.07) is 9.75. The number of benzene rings is 1. The van der Waals surface area contributed by atoms with E-state index in [-0.39, 0.29) is 17.2 Å². The number of pyridine rings is 1. The van der Waals surface area contributed by atoms with Gasteiger partial charge in [0.1, 0.15) is 0 Å². The summed E-state index contributed by atoms with van der Waals surface area (Å²) in [5.74, 6) is 0.617. The highest BCUT2D eigenvalue weighted by Gasteiger charge is 2.50. The molecule has 2 aromatic rings. The lowest BCUT2D eigenvalue weighted by atomic mass is 9.56. The number of carbonyl (C=O) groups is 1. The fourth-order valence-electron chi connectivity index (χ4n) is 6.05. The number of amides is 1. The zero-order valence-corrected chi connectivity index (χ0v) is 19.8. The smallest absolute Gasteiger partial charge is 0.255 e. The predicted octanol–water partition coefficient (Wildman–Crippen LogP) is 5.40. The monoisotopic (exact) mass is 436 g/mol. The van der Waals surface area contributed by atoms with E-state index in [9.17, 15) is 9.90 Å². The van der Waals surface area contributed by atoms with Crippen LogP contribution in [0.2, 0.25) is 0 Å². The molecule has 5 heteroatoms. The Morgan fingerprint density at radius 1 is 1.31 bits per heavy atom. The number of aliphatic hydroxyl groups is 1. The molecule has 1 aromatic carbocycles. The average Bonchev–Trinajstić information content (AvgIpc) is 2.90. The van der Waals surface area contributed by atoms with Crippen LogP contribution in [0.3, 0.4) is 0 Å². The summed E-state index contributed by atoms with van der Waals surface area (Å²) in [6.07, 6.45) is 6.11. The molecule has 1 amide bonds. The maximum atomic E-state index is 12.9. The summed E-state index contributed by atoms with van der Waals surface area (Å²) < 4.78 is 6.13. The van der Waals surface area contributed by atoms with Crippen molar-refractivity contribution < 1.29 is 14.6 Å². The molecule has 1 aliphatic carbocycles. The van der Waals surface area contributed by atoms with E-state index in [1.54, 1.807) is 6.20 Å². The third kappa shape index (κ3) is 4.33. The summed E-state index contributed by atoms with van der Waals surface area (Å²) in [4.78, 5) is 17.2. The standard InChI is InChI=1S/C27H36N2O3/c1-5-27-11-10-26(31,14-18(2)3)15-22(27)17-32-16-21-13-20(8-9-23(21)27)25(30)29-24-7-6-12-28-19(24)4/h6-9,12-13,18,22,31H,5,10-11,14-17H2,1-4H3,(H,29,30)/t22-,26+,27-/m1/s1. The van der Waals surface area contributed by atoms with Crippen LogP contribution in [0, 0.1) is 18.8 Å². The van der Waals surface area contributed by atoms with Crippen molar-refractivity contribution in [1.82, 2.24) is 4.98 Å². The quantitative estimate of drug-likeness (QED) is 0.658. The molecular weight excluding hydrogens is 400 g/mol. The Bertz CT molecular complexity index is 989. The van der Waals surface area contributed by atoms with Crippen LogP contribution in [0.1, 0.15) is 80.1 Å². The highest BCUT2D eigenvalue weighted by atomic mass is 16.5. The van der Waals surface area contributed by atoms with Gasteiger partial charge in [-0.1, -0.05) is 26.8 Å². The van der Waals surface area contributed by atoms with Crippen molar-refractivity contribution >= 4 is 11.6 Å². The summed E-state index contributed by atoms with van der Waals surface area (Å²) in [7, 11) is 0. The number of hydrogen-bond acceptors (Lipinski definition) is 4. The van der Waals surface area contributed by atoms with Gasteiger partial charge in [0.25, 0.3) is 5.91 Å². The number of rotatable bonds is 5. The van der Waals surface area contributed by atoms with Gasteiger partial charge in [0.2, 0.25) is 0 Å². The third-order valence-corrected chi connectivity index (χ3v) is 7.60. The number of fused-ring (bicyclic) bond motifs is 3. The van der Waals surface area contributed by atoms with Crippen molar-refractivity contribution in [3.05, 3.63) is 58.9 Å². The Balaban J connectivity index is 1.62. The number of carbonyl (C=O) groups excluding carboxylic acids is 1. The van der Waals surface area contributed by atoms with E-state index in [1.807, 2.05) is 31.2 Å². The number of aryl methyl sites for hydroxylation is 1. The van der Waals surface area contributed by atoms with Crippen molar-refractivity contribution in [3.8, 4) is 0 Å². The molecule has 1 aromatic heterocycles. The van der Waals surface area contributed by atoms with Gasteiger partial charge in [-0.25, -0.2) is 0 Å². The molecule has 32 heavy (non-hydrogen) atoms. The number of ether oxygens (including phenoxy) is 1. The van der Waals surface area contributed by atoms with E-state index in [0.717, 1.165) is 49.0 Å². The third-order valence-electron chi connectivity index (χ3n) is 7.60. The van der Waals surface area contributed by atoms with Crippen molar-refractivity contribution in [1.29, 1.82) is 0 Å². The summed E-state index contributed by atoms with van der Waals surface area (Å²) in [5.41, 5.74) is 3.93. The highest BCUT2D eigenvalue weighted by molar-refractivity contribution is 6.04. The maximum Gasteiger partial charge on any atom is 0.255 e. The molecule has 0 saturated heterocycles. The van der Waals surface area contributed by atoms with Gasteiger partial charge < -0.3 is 15.2 Å². The van der Waals surface area contributed by atoms with Gasteiger partial charge in [0.15, 0.2) is 0 Å².